The second kappa shape index (κ2) is 8.57. The second-order valence-electron chi connectivity index (χ2n) is 5.78. The number of aromatic nitrogens is 2. The highest BCUT2D eigenvalue weighted by Crippen LogP contribution is 2.20. The number of aryl methyl sites for hydroxylation is 1. The van der Waals surface area contributed by atoms with Gasteiger partial charge in [0.1, 0.15) is 5.15 Å². The summed E-state index contributed by atoms with van der Waals surface area (Å²) in [6.07, 6.45) is 1.48. The molecule has 2 aromatic carbocycles. The molecule has 0 saturated carbocycles. The molecule has 138 valence electrons. The van der Waals surface area contributed by atoms with Crippen LogP contribution in [0.25, 0.3) is 0 Å². The molecule has 8 heteroatoms. The lowest BCUT2D eigenvalue weighted by atomic mass is 10.2. The van der Waals surface area contributed by atoms with Crippen LogP contribution in [0.3, 0.4) is 0 Å². The van der Waals surface area contributed by atoms with Crippen molar-refractivity contribution in [1.82, 2.24) is 15.2 Å². The molecule has 1 N–H and O–H groups in total. The number of hydrogen-bond donors (Lipinski definition) is 1. The molecule has 0 saturated heterocycles. The van der Waals surface area contributed by atoms with E-state index in [-0.39, 0.29) is 5.91 Å². The quantitative estimate of drug-likeness (QED) is 0.467. The Morgan fingerprint density at radius 2 is 1.67 bits per heavy atom. The zero-order valence-corrected chi connectivity index (χ0v) is 16.6. The van der Waals surface area contributed by atoms with Gasteiger partial charge in [-0.25, -0.2) is 10.1 Å². The Labute approximate surface area is 171 Å². The van der Waals surface area contributed by atoms with E-state index in [1.165, 1.54) is 6.21 Å². The van der Waals surface area contributed by atoms with Crippen LogP contribution in [-0.2, 0) is 6.54 Å². The summed E-state index contributed by atoms with van der Waals surface area (Å²) >= 11 is 18.1. The molecular weight excluding hydrogens is 407 g/mol. The van der Waals surface area contributed by atoms with Crippen LogP contribution in [0.15, 0.2) is 53.6 Å². The fourth-order valence-corrected chi connectivity index (χ4v) is 2.94. The van der Waals surface area contributed by atoms with Gasteiger partial charge in [-0.3, -0.25) is 4.79 Å². The van der Waals surface area contributed by atoms with Crippen molar-refractivity contribution in [2.45, 2.75) is 13.5 Å². The number of amides is 1. The van der Waals surface area contributed by atoms with Gasteiger partial charge < -0.3 is 0 Å². The van der Waals surface area contributed by atoms with Gasteiger partial charge in [0.25, 0.3) is 5.91 Å². The van der Waals surface area contributed by atoms with E-state index in [0.717, 1.165) is 5.56 Å². The van der Waals surface area contributed by atoms with Crippen molar-refractivity contribution in [3.05, 3.63) is 86.1 Å². The molecule has 0 spiro atoms. The van der Waals surface area contributed by atoms with Gasteiger partial charge in [-0.15, -0.1) is 0 Å². The predicted octanol–water partition coefficient (Wildman–Crippen LogP) is 4.96. The predicted molar refractivity (Wildman–Crippen MR) is 109 cm³/mol. The van der Waals surface area contributed by atoms with E-state index < -0.39 is 0 Å². The van der Waals surface area contributed by atoms with Crippen molar-refractivity contribution >= 4 is 46.9 Å². The van der Waals surface area contributed by atoms with Gasteiger partial charge in [-0.05, 0) is 48.9 Å². The SMILES string of the molecule is Cc1nn(Cc2ccc(Cl)cc2)c(Cl)c1/C=N/NC(=O)c1ccc(Cl)cc1. The number of carbonyl (C=O) groups is 1. The largest absolute Gasteiger partial charge is 0.271 e. The molecule has 0 aliphatic carbocycles. The zero-order valence-electron chi connectivity index (χ0n) is 14.3. The average Bonchev–Trinajstić information content (AvgIpc) is 2.91. The molecule has 0 fully saturated rings. The van der Waals surface area contributed by atoms with E-state index in [1.54, 1.807) is 28.9 Å². The molecule has 3 aromatic rings. The molecular formula is C19H15Cl3N4O. The third-order valence-electron chi connectivity index (χ3n) is 3.82. The van der Waals surface area contributed by atoms with Crippen molar-refractivity contribution in [2.24, 2.45) is 5.10 Å². The van der Waals surface area contributed by atoms with E-state index >= 15 is 0 Å². The first-order chi connectivity index (χ1) is 12.9. The van der Waals surface area contributed by atoms with Gasteiger partial charge in [0, 0.05) is 15.6 Å². The van der Waals surface area contributed by atoms with Crippen LogP contribution in [0, 0.1) is 6.92 Å². The van der Waals surface area contributed by atoms with E-state index in [2.05, 4.69) is 15.6 Å². The van der Waals surface area contributed by atoms with Crippen molar-refractivity contribution in [3.63, 3.8) is 0 Å². The van der Waals surface area contributed by atoms with Gasteiger partial charge >= 0.3 is 0 Å². The number of hydrazone groups is 1. The second-order valence-corrected chi connectivity index (χ2v) is 7.01. The van der Waals surface area contributed by atoms with Crippen LogP contribution in [-0.4, -0.2) is 21.9 Å². The molecule has 1 aromatic heterocycles. The Kier molecular flexibility index (Phi) is 6.16. The summed E-state index contributed by atoms with van der Waals surface area (Å²) in [4.78, 5) is 12.1. The monoisotopic (exact) mass is 420 g/mol. The number of benzene rings is 2. The van der Waals surface area contributed by atoms with E-state index in [0.29, 0.717) is 38.6 Å². The van der Waals surface area contributed by atoms with Crippen LogP contribution in [0.1, 0.15) is 27.2 Å². The van der Waals surface area contributed by atoms with Gasteiger partial charge in [0.2, 0.25) is 0 Å². The first kappa shape index (κ1) is 19.4. The molecule has 1 heterocycles. The minimum absolute atomic E-state index is 0.342. The summed E-state index contributed by atoms with van der Waals surface area (Å²) in [6, 6.07) is 14.0. The lowest BCUT2D eigenvalue weighted by Gasteiger charge is -2.03. The number of carbonyl (C=O) groups excluding carboxylic acids is 1. The summed E-state index contributed by atoms with van der Waals surface area (Å²) in [7, 11) is 0. The van der Waals surface area contributed by atoms with Crippen molar-refractivity contribution in [1.29, 1.82) is 0 Å². The Balaban J connectivity index is 1.70. The van der Waals surface area contributed by atoms with Gasteiger partial charge in [0.15, 0.2) is 0 Å². The maximum absolute atomic E-state index is 12.1. The molecule has 0 unspecified atom stereocenters. The lowest BCUT2D eigenvalue weighted by Crippen LogP contribution is -2.17. The van der Waals surface area contributed by atoms with Gasteiger partial charge in [-0.2, -0.15) is 10.2 Å². The molecule has 0 aliphatic heterocycles. The summed E-state index contributed by atoms with van der Waals surface area (Å²) in [5.41, 5.74) is 5.28. The smallest absolute Gasteiger partial charge is 0.267 e. The third-order valence-corrected chi connectivity index (χ3v) is 4.72. The lowest BCUT2D eigenvalue weighted by molar-refractivity contribution is 0.0955. The fraction of sp³-hybridized carbons (Fsp3) is 0.105. The maximum atomic E-state index is 12.1. The Hall–Kier alpha value is -2.34. The number of nitrogens with zero attached hydrogens (tertiary/aromatic N) is 3. The summed E-state index contributed by atoms with van der Waals surface area (Å²) in [6.45, 7) is 2.33. The summed E-state index contributed by atoms with van der Waals surface area (Å²) in [5, 5.41) is 10.1. The van der Waals surface area contributed by atoms with Crippen LogP contribution >= 0.6 is 34.8 Å². The molecule has 0 atom stereocenters. The maximum Gasteiger partial charge on any atom is 0.271 e. The first-order valence-corrected chi connectivity index (χ1v) is 9.14. The van der Waals surface area contributed by atoms with Crippen LogP contribution in [0.5, 0.6) is 0 Å². The van der Waals surface area contributed by atoms with E-state index in [4.69, 9.17) is 34.8 Å². The Bertz CT molecular complexity index is 979. The van der Waals surface area contributed by atoms with Crippen LogP contribution < -0.4 is 5.43 Å². The highest BCUT2D eigenvalue weighted by Gasteiger charge is 2.12. The average molecular weight is 422 g/mol. The van der Waals surface area contributed by atoms with E-state index in [9.17, 15) is 4.79 Å². The first-order valence-electron chi connectivity index (χ1n) is 8.00. The minimum atomic E-state index is -0.342. The van der Waals surface area contributed by atoms with Crippen molar-refractivity contribution < 1.29 is 4.79 Å². The number of halogens is 3. The molecule has 3 rings (SSSR count). The molecule has 1 amide bonds. The number of nitrogens with one attached hydrogen (secondary N) is 1. The van der Waals surface area contributed by atoms with Crippen LogP contribution in [0.4, 0.5) is 0 Å². The number of hydrogen-bond acceptors (Lipinski definition) is 3. The summed E-state index contributed by atoms with van der Waals surface area (Å²) in [5.74, 6) is -0.342. The molecule has 0 bridgehead atoms. The highest BCUT2D eigenvalue weighted by atomic mass is 35.5. The van der Waals surface area contributed by atoms with Gasteiger partial charge in [-0.1, -0.05) is 46.9 Å². The van der Waals surface area contributed by atoms with Crippen LogP contribution in [0.2, 0.25) is 15.2 Å². The third kappa shape index (κ3) is 4.89. The minimum Gasteiger partial charge on any atom is -0.267 e. The molecule has 0 aliphatic rings. The van der Waals surface area contributed by atoms with Crippen molar-refractivity contribution in [3.8, 4) is 0 Å². The van der Waals surface area contributed by atoms with Crippen molar-refractivity contribution in [2.75, 3.05) is 0 Å². The Morgan fingerprint density at radius 3 is 2.30 bits per heavy atom. The summed E-state index contributed by atoms with van der Waals surface area (Å²) < 4.78 is 1.67. The zero-order chi connectivity index (χ0) is 19.4. The molecule has 27 heavy (non-hydrogen) atoms. The van der Waals surface area contributed by atoms with E-state index in [1.807, 2.05) is 31.2 Å². The fourth-order valence-electron chi connectivity index (χ4n) is 2.40. The molecule has 0 radical (unpaired) electrons. The standard InChI is InChI=1S/C19H15Cl3N4O/c1-12-17(10-23-24-19(27)14-4-8-16(21)9-5-14)18(22)26(25-12)11-13-2-6-15(20)7-3-13/h2-10H,11H2,1H3,(H,24,27)/b23-10+. The topological polar surface area (TPSA) is 59.3 Å². The molecule has 5 nitrogen and oxygen atoms in total. The number of rotatable bonds is 5. The highest BCUT2D eigenvalue weighted by molar-refractivity contribution is 6.32. The normalized spacial score (nSPS) is 11.1. The Morgan fingerprint density at radius 1 is 1.07 bits per heavy atom. The van der Waals surface area contributed by atoms with Gasteiger partial charge in [0.05, 0.1) is 24.0 Å².